The molecule has 26 heavy (non-hydrogen) atoms. The highest BCUT2D eigenvalue weighted by Gasteiger charge is 2.25. The predicted octanol–water partition coefficient (Wildman–Crippen LogP) is 2.52. The number of rotatable bonds is 6. The molecule has 0 saturated carbocycles. The van der Waals surface area contributed by atoms with Crippen molar-refractivity contribution >= 4 is 11.7 Å². The van der Waals surface area contributed by atoms with Gasteiger partial charge in [0.15, 0.2) is 18.2 Å². The number of nitrogens with one attached hydrogen (secondary N) is 1. The van der Waals surface area contributed by atoms with Gasteiger partial charge in [0.1, 0.15) is 5.82 Å². The van der Waals surface area contributed by atoms with Gasteiger partial charge in [-0.1, -0.05) is 12.1 Å². The van der Waals surface area contributed by atoms with E-state index in [9.17, 15) is 9.18 Å². The third-order valence-electron chi connectivity index (χ3n) is 4.55. The minimum absolute atomic E-state index is 0.104. The number of carbonyl (C=O) groups excluding carboxylic acids is 1. The SMILES string of the molecule is CNc1nccnc1C[C@H]1CCCN(C(=O)COc2ccccc2F)C1. The first-order chi connectivity index (χ1) is 12.7. The molecule has 1 aromatic carbocycles. The lowest BCUT2D eigenvalue weighted by molar-refractivity contribution is -0.135. The Labute approximate surface area is 152 Å². The van der Waals surface area contributed by atoms with Gasteiger partial charge in [0.2, 0.25) is 0 Å². The molecule has 1 amide bonds. The third-order valence-corrected chi connectivity index (χ3v) is 4.55. The van der Waals surface area contributed by atoms with Gasteiger partial charge in [0, 0.05) is 32.5 Å². The van der Waals surface area contributed by atoms with Crippen molar-refractivity contribution < 1.29 is 13.9 Å². The van der Waals surface area contributed by atoms with Crippen molar-refractivity contribution in [1.29, 1.82) is 0 Å². The number of anilines is 1. The molecule has 0 radical (unpaired) electrons. The third kappa shape index (κ3) is 4.47. The molecule has 1 aromatic heterocycles. The van der Waals surface area contributed by atoms with Crippen LogP contribution in [0.2, 0.25) is 0 Å². The molecule has 1 saturated heterocycles. The van der Waals surface area contributed by atoms with E-state index in [1.165, 1.54) is 12.1 Å². The summed E-state index contributed by atoms with van der Waals surface area (Å²) < 4.78 is 18.9. The minimum Gasteiger partial charge on any atom is -0.481 e. The molecule has 0 bridgehead atoms. The summed E-state index contributed by atoms with van der Waals surface area (Å²) in [5.74, 6) is 0.626. The Morgan fingerprint density at radius 3 is 2.96 bits per heavy atom. The van der Waals surface area contributed by atoms with E-state index in [-0.39, 0.29) is 18.3 Å². The fourth-order valence-electron chi connectivity index (χ4n) is 3.25. The number of benzene rings is 1. The first-order valence-electron chi connectivity index (χ1n) is 8.80. The van der Waals surface area contributed by atoms with Crippen LogP contribution in [-0.2, 0) is 11.2 Å². The van der Waals surface area contributed by atoms with Crippen molar-refractivity contribution in [3.05, 3.63) is 48.2 Å². The van der Waals surface area contributed by atoms with Crippen molar-refractivity contribution in [2.75, 3.05) is 32.1 Å². The quantitative estimate of drug-likeness (QED) is 0.859. The zero-order valence-corrected chi connectivity index (χ0v) is 14.8. The van der Waals surface area contributed by atoms with Crippen molar-refractivity contribution in [2.24, 2.45) is 5.92 Å². The number of hydrogen-bond acceptors (Lipinski definition) is 5. The number of likely N-dealkylation sites (tertiary alicyclic amines) is 1. The van der Waals surface area contributed by atoms with Crippen LogP contribution < -0.4 is 10.1 Å². The number of carbonyl (C=O) groups is 1. The van der Waals surface area contributed by atoms with Gasteiger partial charge in [-0.2, -0.15) is 0 Å². The number of amides is 1. The second-order valence-electron chi connectivity index (χ2n) is 6.37. The molecule has 1 aliphatic heterocycles. The summed E-state index contributed by atoms with van der Waals surface area (Å²) in [5, 5.41) is 3.05. The Balaban J connectivity index is 1.56. The van der Waals surface area contributed by atoms with E-state index in [1.807, 2.05) is 7.05 Å². The van der Waals surface area contributed by atoms with Gasteiger partial charge < -0.3 is 15.0 Å². The standard InChI is InChI=1S/C19H23FN4O2/c1-21-19-16(22-8-9-23-19)11-14-5-4-10-24(12-14)18(25)13-26-17-7-3-2-6-15(17)20/h2-3,6-9,14H,4-5,10-13H2,1H3,(H,21,23)/t14-/m1/s1. The van der Waals surface area contributed by atoms with Crippen LogP contribution in [0.15, 0.2) is 36.7 Å². The average Bonchev–Trinajstić information content (AvgIpc) is 2.68. The molecule has 1 atom stereocenters. The van der Waals surface area contributed by atoms with Crippen LogP contribution >= 0.6 is 0 Å². The lowest BCUT2D eigenvalue weighted by Crippen LogP contribution is -2.42. The summed E-state index contributed by atoms with van der Waals surface area (Å²) in [6.45, 7) is 1.20. The van der Waals surface area contributed by atoms with Gasteiger partial charge in [-0.15, -0.1) is 0 Å². The zero-order chi connectivity index (χ0) is 18.4. The minimum atomic E-state index is -0.459. The highest BCUT2D eigenvalue weighted by molar-refractivity contribution is 5.77. The number of hydrogen-bond donors (Lipinski definition) is 1. The molecule has 0 aliphatic carbocycles. The number of ether oxygens (including phenoxy) is 1. The molecule has 6 nitrogen and oxygen atoms in total. The topological polar surface area (TPSA) is 67.4 Å². The second-order valence-corrected chi connectivity index (χ2v) is 6.37. The highest BCUT2D eigenvalue weighted by Crippen LogP contribution is 2.23. The van der Waals surface area contributed by atoms with Gasteiger partial charge in [0.05, 0.1) is 5.69 Å². The lowest BCUT2D eigenvalue weighted by atomic mass is 9.93. The molecular weight excluding hydrogens is 335 g/mol. The van der Waals surface area contributed by atoms with Gasteiger partial charge in [-0.05, 0) is 37.3 Å². The van der Waals surface area contributed by atoms with Crippen LogP contribution in [0.3, 0.4) is 0 Å². The van der Waals surface area contributed by atoms with Gasteiger partial charge >= 0.3 is 0 Å². The second kappa shape index (κ2) is 8.60. The van der Waals surface area contributed by atoms with Crippen LogP contribution in [0, 0.1) is 11.7 Å². The first-order valence-corrected chi connectivity index (χ1v) is 8.80. The maximum absolute atomic E-state index is 13.6. The van der Waals surface area contributed by atoms with Gasteiger partial charge in [0.25, 0.3) is 5.91 Å². The average molecular weight is 358 g/mol. The monoisotopic (exact) mass is 358 g/mol. The number of piperidine rings is 1. The molecule has 1 aliphatic rings. The van der Waals surface area contributed by atoms with Crippen molar-refractivity contribution in [1.82, 2.24) is 14.9 Å². The van der Waals surface area contributed by atoms with Gasteiger partial charge in [-0.3, -0.25) is 9.78 Å². The molecule has 0 spiro atoms. The summed E-state index contributed by atoms with van der Waals surface area (Å²) in [6, 6.07) is 6.11. The van der Waals surface area contributed by atoms with Crippen LogP contribution in [-0.4, -0.2) is 47.5 Å². The molecule has 138 valence electrons. The molecule has 2 aromatic rings. The maximum Gasteiger partial charge on any atom is 0.260 e. The number of aromatic nitrogens is 2. The Bertz CT molecular complexity index is 756. The van der Waals surface area contributed by atoms with Crippen LogP contribution in [0.5, 0.6) is 5.75 Å². The van der Waals surface area contributed by atoms with Crippen LogP contribution in [0.25, 0.3) is 0 Å². The molecule has 7 heteroatoms. The fourth-order valence-corrected chi connectivity index (χ4v) is 3.25. The Morgan fingerprint density at radius 2 is 2.15 bits per heavy atom. The summed E-state index contributed by atoms with van der Waals surface area (Å²) >= 11 is 0. The summed E-state index contributed by atoms with van der Waals surface area (Å²) in [5.41, 5.74) is 0.914. The van der Waals surface area contributed by atoms with E-state index in [0.717, 1.165) is 30.8 Å². The maximum atomic E-state index is 13.6. The Kier molecular flexibility index (Phi) is 5.99. The molecule has 0 unspecified atom stereocenters. The Morgan fingerprint density at radius 1 is 1.35 bits per heavy atom. The molecule has 1 N–H and O–H groups in total. The van der Waals surface area contributed by atoms with Gasteiger partial charge in [-0.25, -0.2) is 9.37 Å². The van der Waals surface area contributed by atoms with E-state index >= 15 is 0 Å². The molecule has 3 rings (SSSR count). The number of halogens is 1. The van der Waals surface area contributed by atoms with Crippen molar-refractivity contribution in [3.8, 4) is 5.75 Å². The molecular formula is C19H23FN4O2. The largest absolute Gasteiger partial charge is 0.481 e. The smallest absolute Gasteiger partial charge is 0.260 e. The highest BCUT2D eigenvalue weighted by atomic mass is 19.1. The van der Waals surface area contributed by atoms with E-state index in [2.05, 4.69) is 15.3 Å². The van der Waals surface area contributed by atoms with E-state index in [1.54, 1.807) is 29.4 Å². The summed E-state index contributed by atoms with van der Waals surface area (Å²) in [4.78, 5) is 22.9. The van der Waals surface area contributed by atoms with E-state index < -0.39 is 5.82 Å². The lowest BCUT2D eigenvalue weighted by Gasteiger charge is -2.32. The van der Waals surface area contributed by atoms with Crippen LogP contribution in [0.1, 0.15) is 18.5 Å². The molecule has 2 heterocycles. The number of nitrogens with zero attached hydrogens (tertiary/aromatic N) is 3. The summed E-state index contributed by atoms with van der Waals surface area (Å²) in [7, 11) is 1.82. The zero-order valence-electron chi connectivity index (χ0n) is 14.8. The molecule has 1 fully saturated rings. The first kappa shape index (κ1) is 18.1. The van der Waals surface area contributed by atoms with Crippen molar-refractivity contribution in [3.63, 3.8) is 0 Å². The normalized spacial score (nSPS) is 17.0. The van der Waals surface area contributed by atoms with Crippen LogP contribution in [0.4, 0.5) is 10.2 Å². The Hall–Kier alpha value is -2.70. The van der Waals surface area contributed by atoms with E-state index in [0.29, 0.717) is 19.0 Å². The fraction of sp³-hybridized carbons (Fsp3) is 0.421. The predicted molar refractivity (Wildman–Crippen MR) is 96.5 cm³/mol. The van der Waals surface area contributed by atoms with E-state index in [4.69, 9.17) is 4.74 Å². The summed E-state index contributed by atoms with van der Waals surface area (Å²) in [6.07, 6.45) is 6.08. The van der Waals surface area contributed by atoms with Crippen molar-refractivity contribution in [2.45, 2.75) is 19.3 Å². The number of para-hydroxylation sites is 1.